The van der Waals surface area contributed by atoms with Crippen molar-refractivity contribution < 1.29 is 17.9 Å². The first-order chi connectivity index (χ1) is 11.2. The minimum Gasteiger partial charge on any atom is -0.382 e. The largest absolute Gasteiger partial charge is 0.422 e. The lowest BCUT2D eigenvalue weighted by Gasteiger charge is -2.17. The standard InChI is InChI=1S/C14H19F3N6O/c1-7(6-24-4)23-8(2)9(5-20-23)11-10(14(15,16)17)12(19-3)22-13(18)21-11/h5,7H,6H2,1-4H3,(H3,18,19,21,22)/t7-/m1/s1. The first kappa shape index (κ1) is 18.0. The third-order valence-corrected chi connectivity index (χ3v) is 3.57. The molecule has 0 amide bonds. The topological polar surface area (TPSA) is 90.9 Å². The molecule has 0 saturated carbocycles. The SMILES string of the molecule is CNc1nc(N)nc(-c2cnn([C@H](C)COC)c2C)c1C(F)(F)F. The molecule has 0 spiro atoms. The summed E-state index contributed by atoms with van der Waals surface area (Å²) in [5.41, 5.74) is 5.08. The number of nitrogens with two attached hydrogens (primary N) is 1. The summed E-state index contributed by atoms with van der Waals surface area (Å²) in [4.78, 5) is 7.45. The number of aromatic nitrogens is 4. The molecule has 2 aromatic heterocycles. The number of hydrogen-bond acceptors (Lipinski definition) is 6. The Kier molecular flexibility index (Phi) is 4.97. The van der Waals surface area contributed by atoms with Gasteiger partial charge < -0.3 is 15.8 Å². The van der Waals surface area contributed by atoms with E-state index < -0.39 is 11.7 Å². The highest BCUT2D eigenvalue weighted by Gasteiger charge is 2.39. The molecule has 0 radical (unpaired) electrons. The van der Waals surface area contributed by atoms with Crippen molar-refractivity contribution in [3.05, 3.63) is 17.5 Å². The normalized spacial score (nSPS) is 13.1. The van der Waals surface area contributed by atoms with Gasteiger partial charge in [-0.2, -0.15) is 23.3 Å². The molecule has 2 rings (SSSR count). The van der Waals surface area contributed by atoms with Gasteiger partial charge in [0, 0.05) is 25.4 Å². The Bertz CT molecular complexity index is 728. The van der Waals surface area contributed by atoms with E-state index in [2.05, 4.69) is 20.4 Å². The van der Waals surface area contributed by atoms with Crippen LogP contribution in [0.3, 0.4) is 0 Å². The van der Waals surface area contributed by atoms with Crippen molar-refractivity contribution in [1.29, 1.82) is 0 Å². The van der Waals surface area contributed by atoms with Gasteiger partial charge in [0.05, 0.1) is 24.5 Å². The number of nitrogens with one attached hydrogen (secondary N) is 1. The highest BCUT2D eigenvalue weighted by molar-refractivity contribution is 5.72. The lowest BCUT2D eigenvalue weighted by Crippen LogP contribution is -2.16. The molecule has 0 aliphatic heterocycles. The third-order valence-electron chi connectivity index (χ3n) is 3.57. The van der Waals surface area contributed by atoms with Gasteiger partial charge in [-0.05, 0) is 13.8 Å². The van der Waals surface area contributed by atoms with Gasteiger partial charge in [0.1, 0.15) is 11.4 Å². The molecule has 3 N–H and O–H groups in total. The first-order valence-corrected chi connectivity index (χ1v) is 7.16. The predicted octanol–water partition coefficient (Wildman–Crippen LogP) is 2.50. The van der Waals surface area contributed by atoms with Crippen molar-refractivity contribution in [3.8, 4) is 11.3 Å². The summed E-state index contributed by atoms with van der Waals surface area (Å²) in [5.74, 6) is -0.624. The van der Waals surface area contributed by atoms with Gasteiger partial charge in [0.25, 0.3) is 0 Å². The predicted molar refractivity (Wildman–Crippen MR) is 83.5 cm³/mol. The van der Waals surface area contributed by atoms with Crippen molar-refractivity contribution in [1.82, 2.24) is 19.7 Å². The third kappa shape index (κ3) is 3.28. The van der Waals surface area contributed by atoms with E-state index >= 15 is 0 Å². The summed E-state index contributed by atoms with van der Waals surface area (Å²) in [6.07, 6.45) is -3.30. The van der Waals surface area contributed by atoms with E-state index in [0.717, 1.165) is 0 Å². The fourth-order valence-electron chi connectivity index (χ4n) is 2.53. The molecule has 0 bridgehead atoms. The molecule has 2 aromatic rings. The van der Waals surface area contributed by atoms with Gasteiger partial charge in [-0.3, -0.25) is 4.68 Å². The molecule has 0 saturated heterocycles. The number of hydrogen-bond donors (Lipinski definition) is 2. The average Bonchev–Trinajstić information content (AvgIpc) is 2.86. The molecule has 132 valence electrons. The smallest absolute Gasteiger partial charge is 0.382 e. The summed E-state index contributed by atoms with van der Waals surface area (Å²) in [6.45, 7) is 3.90. The number of rotatable bonds is 5. The van der Waals surface area contributed by atoms with Gasteiger partial charge in [0.2, 0.25) is 5.95 Å². The molecule has 10 heteroatoms. The molecule has 0 aliphatic carbocycles. The Labute approximate surface area is 137 Å². The molecular formula is C14H19F3N6O. The van der Waals surface area contributed by atoms with Crippen LogP contribution in [0.25, 0.3) is 11.3 Å². The zero-order valence-electron chi connectivity index (χ0n) is 13.8. The van der Waals surface area contributed by atoms with E-state index in [0.29, 0.717) is 12.3 Å². The first-order valence-electron chi connectivity index (χ1n) is 7.16. The van der Waals surface area contributed by atoms with Gasteiger partial charge in [-0.25, -0.2) is 4.98 Å². The van der Waals surface area contributed by atoms with E-state index in [1.165, 1.54) is 13.2 Å². The quantitative estimate of drug-likeness (QED) is 0.866. The Morgan fingerprint density at radius 3 is 2.58 bits per heavy atom. The van der Waals surface area contributed by atoms with Gasteiger partial charge in [0.15, 0.2) is 0 Å². The zero-order valence-corrected chi connectivity index (χ0v) is 13.8. The number of anilines is 2. The average molecular weight is 344 g/mol. The highest BCUT2D eigenvalue weighted by Crippen LogP contribution is 2.41. The number of nitrogens with zero attached hydrogens (tertiary/aromatic N) is 4. The van der Waals surface area contributed by atoms with Crippen LogP contribution in [0.15, 0.2) is 6.20 Å². The fraction of sp³-hybridized carbons (Fsp3) is 0.500. The van der Waals surface area contributed by atoms with E-state index in [9.17, 15) is 13.2 Å². The Balaban J connectivity index is 2.67. The molecule has 0 aliphatic rings. The molecule has 0 unspecified atom stereocenters. The Hall–Kier alpha value is -2.36. The van der Waals surface area contributed by atoms with Crippen LogP contribution in [0.4, 0.5) is 24.9 Å². The highest BCUT2D eigenvalue weighted by atomic mass is 19.4. The van der Waals surface area contributed by atoms with Gasteiger partial charge >= 0.3 is 6.18 Å². The number of alkyl halides is 3. The number of ether oxygens (including phenoxy) is 1. The lowest BCUT2D eigenvalue weighted by atomic mass is 10.1. The summed E-state index contributed by atoms with van der Waals surface area (Å²) in [7, 11) is 2.89. The second-order valence-electron chi connectivity index (χ2n) is 5.29. The maximum atomic E-state index is 13.5. The van der Waals surface area contributed by atoms with Crippen LogP contribution in [-0.4, -0.2) is 40.5 Å². The Morgan fingerprint density at radius 2 is 2.04 bits per heavy atom. The maximum Gasteiger partial charge on any atom is 0.422 e. The van der Waals surface area contributed by atoms with Crippen LogP contribution < -0.4 is 11.1 Å². The van der Waals surface area contributed by atoms with E-state index in [1.54, 1.807) is 18.7 Å². The van der Waals surface area contributed by atoms with Crippen molar-refractivity contribution in [2.75, 3.05) is 31.8 Å². The molecular weight excluding hydrogens is 325 g/mol. The molecule has 2 heterocycles. The number of halogens is 3. The van der Waals surface area contributed by atoms with Crippen LogP contribution in [-0.2, 0) is 10.9 Å². The minimum absolute atomic E-state index is 0.138. The van der Waals surface area contributed by atoms with Crippen molar-refractivity contribution in [2.24, 2.45) is 0 Å². The maximum absolute atomic E-state index is 13.5. The molecule has 7 nitrogen and oxygen atoms in total. The van der Waals surface area contributed by atoms with E-state index in [-0.39, 0.29) is 29.1 Å². The van der Waals surface area contributed by atoms with Gasteiger partial charge in [-0.1, -0.05) is 0 Å². The van der Waals surface area contributed by atoms with Crippen molar-refractivity contribution in [2.45, 2.75) is 26.1 Å². The molecule has 24 heavy (non-hydrogen) atoms. The monoisotopic (exact) mass is 344 g/mol. The summed E-state index contributed by atoms with van der Waals surface area (Å²) in [6, 6.07) is -0.138. The van der Waals surface area contributed by atoms with Crippen LogP contribution in [0.1, 0.15) is 24.2 Å². The van der Waals surface area contributed by atoms with Crippen LogP contribution >= 0.6 is 0 Å². The summed E-state index contributed by atoms with van der Waals surface area (Å²) in [5, 5.41) is 6.59. The zero-order chi connectivity index (χ0) is 18.1. The van der Waals surface area contributed by atoms with Gasteiger partial charge in [-0.15, -0.1) is 0 Å². The minimum atomic E-state index is -4.64. The van der Waals surface area contributed by atoms with Crippen LogP contribution in [0.5, 0.6) is 0 Å². The molecule has 0 fully saturated rings. The van der Waals surface area contributed by atoms with E-state index in [1.807, 2.05) is 6.92 Å². The summed E-state index contributed by atoms with van der Waals surface area (Å²) >= 11 is 0. The summed E-state index contributed by atoms with van der Waals surface area (Å²) < 4.78 is 47.2. The van der Waals surface area contributed by atoms with E-state index in [4.69, 9.17) is 10.5 Å². The van der Waals surface area contributed by atoms with Crippen LogP contribution in [0, 0.1) is 6.92 Å². The fourth-order valence-corrected chi connectivity index (χ4v) is 2.53. The lowest BCUT2D eigenvalue weighted by molar-refractivity contribution is -0.136. The van der Waals surface area contributed by atoms with Crippen molar-refractivity contribution in [3.63, 3.8) is 0 Å². The molecule has 0 aromatic carbocycles. The van der Waals surface area contributed by atoms with Crippen molar-refractivity contribution >= 4 is 11.8 Å². The Morgan fingerprint density at radius 1 is 1.38 bits per heavy atom. The molecule has 1 atom stereocenters. The van der Waals surface area contributed by atoms with Crippen LogP contribution in [0.2, 0.25) is 0 Å². The number of methoxy groups -OCH3 is 1. The second-order valence-corrected chi connectivity index (χ2v) is 5.29. The second kappa shape index (κ2) is 6.63. The number of nitrogen functional groups attached to an aromatic ring is 1.